The van der Waals surface area contributed by atoms with Crippen LogP contribution in [-0.2, 0) is 16.2 Å². The van der Waals surface area contributed by atoms with E-state index in [1.54, 1.807) is 72.2 Å². The molecule has 0 aliphatic rings. The smallest absolute Gasteiger partial charge is 0.149 e. The highest BCUT2D eigenvalue weighted by molar-refractivity contribution is 5.98. The maximum Gasteiger partial charge on any atom is 0.149 e. The van der Waals surface area contributed by atoms with Crippen molar-refractivity contribution in [1.29, 1.82) is 0 Å². The molecule has 0 saturated heterocycles. The Balaban J connectivity index is 1.33. The van der Waals surface area contributed by atoms with E-state index in [1.165, 1.54) is 0 Å². The molecule has 4 nitrogen and oxygen atoms in total. The van der Waals surface area contributed by atoms with Crippen LogP contribution in [0.25, 0.3) is 83.9 Å². The lowest BCUT2D eigenvalue weighted by Gasteiger charge is -2.26. The summed E-state index contributed by atoms with van der Waals surface area (Å²) in [4.78, 5) is 9.68. The second-order valence-electron chi connectivity index (χ2n) is 19.3. The highest BCUT2D eigenvalue weighted by Gasteiger charge is 2.25. The molecule has 1 N–H and O–H groups in total. The van der Waals surface area contributed by atoms with Gasteiger partial charge in [-0.05, 0) is 164 Å². The molecule has 0 amide bonds. The van der Waals surface area contributed by atoms with Crippen molar-refractivity contribution in [2.75, 3.05) is 0 Å². The largest absolute Gasteiger partial charge is 0.507 e. The van der Waals surface area contributed by atoms with Gasteiger partial charge >= 0.3 is 0 Å². The molecule has 0 fully saturated rings. The zero-order valence-electron chi connectivity index (χ0n) is 57.8. The summed E-state index contributed by atoms with van der Waals surface area (Å²) >= 11 is 0. The first-order chi connectivity index (χ1) is 39.6. The van der Waals surface area contributed by atoms with Gasteiger partial charge in [-0.1, -0.05) is 159 Å². The van der Waals surface area contributed by atoms with Gasteiger partial charge in [0.05, 0.1) is 37.6 Å². The van der Waals surface area contributed by atoms with Crippen LogP contribution in [0.4, 0.5) is 0 Å². The molecule has 0 radical (unpaired) electrons. The Kier molecular flexibility index (Phi) is 6.99. The first kappa shape index (κ1) is 27.6. The number of hydrogen-bond donors (Lipinski definition) is 1. The van der Waals surface area contributed by atoms with Gasteiger partial charge in [0.25, 0.3) is 0 Å². The summed E-state index contributed by atoms with van der Waals surface area (Å²) in [6.07, 6.45) is -0.785. The van der Waals surface area contributed by atoms with Gasteiger partial charge in [0.15, 0.2) is 0 Å². The normalized spacial score (nSPS) is 17.1. The monoisotopic (exact) mass is 897 g/mol. The van der Waals surface area contributed by atoms with Gasteiger partial charge in [-0.15, -0.1) is 0 Å². The third-order valence-electron chi connectivity index (χ3n) is 12.1. The molecule has 67 heavy (non-hydrogen) atoms. The molecule has 0 aliphatic carbocycles. The van der Waals surface area contributed by atoms with E-state index in [0.29, 0.717) is 50.0 Å². The molecule has 0 atom stereocenters. The minimum Gasteiger partial charge on any atom is -0.507 e. The predicted molar refractivity (Wildman–Crippen MR) is 283 cm³/mol. The lowest BCUT2D eigenvalue weighted by Crippen LogP contribution is -2.16. The van der Waals surface area contributed by atoms with Gasteiger partial charge in [0, 0.05) is 33.7 Å². The summed E-state index contributed by atoms with van der Waals surface area (Å²) < 4.78 is 168. The van der Waals surface area contributed by atoms with Gasteiger partial charge in [0.2, 0.25) is 0 Å². The molecule has 0 bridgehead atoms. The predicted octanol–water partition coefficient (Wildman–Crippen LogP) is 16.9. The Morgan fingerprint density at radius 1 is 0.537 bits per heavy atom. The molecular formula is C63H63N3O. The number of benzene rings is 7. The number of aryl methyl sites for hydroxylation is 3. The van der Waals surface area contributed by atoms with Gasteiger partial charge in [-0.3, -0.25) is 9.55 Å². The Morgan fingerprint density at radius 2 is 1.22 bits per heavy atom. The zero-order chi connectivity index (χ0) is 63.7. The number of rotatable bonds is 7. The topological polar surface area (TPSA) is 50.9 Å². The minimum absolute atomic E-state index is 0.00749. The molecule has 4 heteroatoms. The fourth-order valence-corrected chi connectivity index (χ4v) is 8.38. The Morgan fingerprint density at radius 3 is 1.91 bits per heavy atom. The van der Waals surface area contributed by atoms with Crippen LogP contribution in [-0.4, -0.2) is 19.6 Å². The summed E-state index contributed by atoms with van der Waals surface area (Å²) in [5, 5.41) is 11.9. The van der Waals surface area contributed by atoms with E-state index >= 15 is 0 Å². The van der Waals surface area contributed by atoms with Crippen molar-refractivity contribution in [3.8, 4) is 78.6 Å². The molecular weight excluding hydrogens is 815 g/mol. The summed E-state index contributed by atoms with van der Waals surface area (Å²) in [5.41, 5.74) is 1.07. The van der Waals surface area contributed by atoms with E-state index in [4.69, 9.17) is 26.9 Å². The van der Waals surface area contributed by atoms with Gasteiger partial charge < -0.3 is 5.11 Å². The van der Waals surface area contributed by atoms with Crippen LogP contribution in [0.5, 0.6) is 5.75 Å². The zero-order valence-corrected chi connectivity index (χ0v) is 38.8. The van der Waals surface area contributed by atoms with Crippen molar-refractivity contribution in [3.05, 3.63) is 191 Å². The third-order valence-corrected chi connectivity index (χ3v) is 12.1. The Bertz CT molecular complexity index is 4100. The number of hydrogen-bond acceptors (Lipinski definition) is 3. The molecule has 336 valence electrons. The van der Waals surface area contributed by atoms with Gasteiger partial charge in [0.1, 0.15) is 11.6 Å². The number of phenols is 1. The molecule has 0 aliphatic heterocycles. The van der Waals surface area contributed by atoms with E-state index in [9.17, 15) is 9.22 Å². The van der Waals surface area contributed by atoms with E-state index < -0.39 is 91.9 Å². The number of nitrogens with zero attached hydrogens (tertiary/aromatic N) is 3. The molecule has 9 rings (SSSR count). The molecule has 9 aromatic rings. The minimum atomic E-state index is -3.95. The number of aromatic hydroxyl groups is 1. The average Bonchev–Trinajstić information content (AvgIpc) is 1.09. The summed E-state index contributed by atoms with van der Waals surface area (Å²) in [7, 11) is 0. The van der Waals surface area contributed by atoms with Crippen LogP contribution in [0.1, 0.15) is 122 Å². The fourth-order valence-electron chi connectivity index (χ4n) is 8.38. The van der Waals surface area contributed by atoms with Crippen molar-refractivity contribution in [2.24, 2.45) is 0 Å². The highest BCUT2D eigenvalue weighted by atomic mass is 16.3. The number of imidazole rings is 1. The van der Waals surface area contributed by atoms with Crippen LogP contribution >= 0.6 is 0 Å². The molecule has 2 aromatic heterocycles. The quantitative estimate of drug-likeness (QED) is 0.173. The van der Waals surface area contributed by atoms with Crippen molar-refractivity contribution >= 4 is 11.0 Å². The van der Waals surface area contributed by atoms with Crippen LogP contribution in [0.3, 0.4) is 0 Å². The second-order valence-corrected chi connectivity index (χ2v) is 19.3. The average molecular weight is 897 g/mol. The Labute approximate surface area is 424 Å². The van der Waals surface area contributed by atoms with Gasteiger partial charge in [-0.25, -0.2) is 4.98 Å². The van der Waals surface area contributed by atoms with Crippen molar-refractivity contribution in [2.45, 2.75) is 99.0 Å². The molecule has 0 saturated carbocycles. The van der Waals surface area contributed by atoms with Crippen LogP contribution in [0.2, 0.25) is 0 Å². The standard InChI is InChI=1S/C63H63N3O/c1-39-29-41(3)59(67)54(30-39)60-65-58-53(19-16-20-57(58)66(60)56-26-23-44(31-40(56)2)47-35-51(62(7,8)9)38-52(36-47)63(10,11)12)48-32-46(42-17-14-13-15-18-42)33-49(34-48)55-37-45(27-28-64-55)43-21-24-50(25-22-43)61(4,5)6/h13-38,67H,1-12H3/i2D3,4D3,5D3,6D3,21D,22D,24D,25D,27D,28D,37D. The maximum atomic E-state index is 11.9. The maximum absolute atomic E-state index is 11.9. The molecule has 0 spiro atoms. The number of pyridine rings is 1. The molecule has 0 unspecified atom stereocenters. The van der Waals surface area contributed by atoms with Crippen molar-refractivity contribution in [3.63, 3.8) is 0 Å². The van der Waals surface area contributed by atoms with Crippen LogP contribution < -0.4 is 0 Å². The van der Waals surface area contributed by atoms with E-state index in [1.807, 2.05) is 43.3 Å². The van der Waals surface area contributed by atoms with Crippen LogP contribution in [0.15, 0.2) is 158 Å². The van der Waals surface area contributed by atoms with E-state index in [0.717, 1.165) is 22.3 Å². The molecule has 2 heterocycles. The van der Waals surface area contributed by atoms with Crippen LogP contribution in [0, 0.1) is 20.7 Å². The van der Waals surface area contributed by atoms with E-state index in [2.05, 4.69) is 64.7 Å². The third kappa shape index (κ3) is 8.98. The highest BCUT2D eigenvalue weighted by Crippen LogP contribution is 2.43. The Hall–Kier alpha value is -7.04. The second kappa shape index (κ2) is 17.0. The summed E-state index contributed by atoms with van der Waals surface area (Å²) in [5.74, 6) is 0.128. The summed E-state index contributed by atoms with van der Waals surface area (Å²) in [6.45, 7) is 1.86. The van der Waals surface area contributed by atoms with E-state index in [-0.39, 0.29) is 44.9 Å². The van der Waals surface area contributed by atoms with Crippen molar-refractivity contribution < 1.29 is 31.2 Å². The first-order valence-corrected chi connectivity index (χ1v) is 22.1. The first-order valence-electron chi connectivity index (χ1n) is 31.6. The number of fused-ring (bicyclic) bond motifs is 1. The number of aromatic nitrogens is 3. The SMILES string of the molecule is [2H]c1nc(-c2cc(-c3ccccc3)cc(-c3cccc4c3nc(-c3cc(C)cc(C)c3O)n4-c3ccc(-c4cc(C(C)(C)C)cc(C(C)(C)C)c4)cc3C([2H])([2H])[2H])c2)c([2H])c(-c2c([2H])c([2H])c(C(C([2H])([2H])[2H])(C([2H])([2H])[2H])C([2H])([2H])[2H])c([2H])c2[2H])c1[2H]. The van der Waals surface area contributed by atoms with Gasteiger partial charge in [-0.2, -0.15) is 0 Å². The summed E-state index contributed by atoms with van der Waals surface area (Å²) in [6, 6.07) is 28.3. The fraction of sp³-hybridized carbons (Fsp3) is 0.238. The lowest BCUT2D eigenvalue weighted by molar-refractivity contribution is 0.472. The lowest BCUT2D eigenvalue weighted by atomic mass is 9.79. The van der Waals surface area contributed by atoms with Crippen molar-refractivity contribution in [1.82, 2.24) is 14.5 Å². The number of para-hydroxylation sites is 1. The number of phenolic OH excluding ortho intramolecular Hbond substituents is 1. The molecule has 7 aromatic carbocycles.